The minimum Gasteiger partial charge on any atom is -0.491 e. The maximum atomic E-state index is 13.6. The lowest BCUT2D eigenvalue weighted by atomic mass is 10.1. The van der Waals surface area contributed by atoms with E-state index < -0.39 is 6.10 Å². The number of ether oxygens (including phenoxy) is 1. The first kappa shape index (κ1) is 27.8. The van der Waals surface area contributed by atoms with Gasteiger partial charge in [-0.05, 0) is 62.2 Å². The highest BCUT2D eigenvalue weighted by Crippen LogP contribution is 2.27. The number of β-amino-alcohol motifs (C(OH)–C–C–N with tert-alkyl or cyclic N) is 1. The number of amides is 1. The van der Waals surface area contributed by atoms with E-state index in [4.69, 9.17) is 9.15 Å². The molecule has 2 atom stereocenters. The molecule has 1 aliphatic heterocycles. The average molecular weight is 547 g/mol. The summed E-state index contributed by atoms with van der Waals surface area (Å²) in [6, 6.07) is 17.5. The number of aryl methyl sites for hydroxylation is 2. The molecule has 0 saturated carbocycles. The number of hydrogen-bond donors (Lipinski definition) is 2. The number of anilines is 1. The summed E-state index contributed by atoms with van der Waals surface area (Å²) in [5.41, 5.74) is 4.72. The quantitative estimate of drug-likeness (QED) is 0.316. The monoisotopic (exact) mass is 546 g/mol. The molecule has 1 saturated heterocycles. The third-order valence-electron chi connectivity index (χ3n) is 7.28. The average Bonchev–Trinajstić information content (AvgIpc) is 3.35. The highest BCUT2D eigenvalue weighted by Gasteiger charge is 2.27. The Balaban J connectivity index is 1.09. The van der Waals surface area contributed by atoms with Crippen LogP contribution in [0, 0.1) is 19.7 Å². The van der Waals surface area contributed by atoms with Crippen LogP contribution >= 0.6 is 0 Å². The van der Waals surface area contributed by atoms with E-state index in [1.165, 1.54) is 12.1 Å². The lowest BCUT2D eigenvalue weighted by molar-refractivity contribution is -0.118. The summed E-state index contributed by atoms with van der Waals surface area (Å²) in [5.74, 6) is 0.534. The largest absolute Gasteiger partial charge is 0.491 e. The molecule has 1 fully saturated rings. The second-order valence-electron chi connectivity index (χ2n) is 10.5. The van der Waals surface area contributed by atoms with E-state index in [1.807, 2.05) is 32.0 Å². The fourth-order valence-corrected chi connectivity index (χ4v) is 5.14. The molecule has 4 aromatic rings. The van der Waals surface area contributed by atoms with Gasteiger partial charge in [-0.2, -0.15) is 0 Å². The number of aliphatic hydroxyl groups is 1. The van der Waals surface area contributed by atoms with Crippen LogP contribution in [0.2, 0.25) is 0 Å². The molecule has 2 heterocycles. The third-order valence-corrected chi connectivity index (χ3v) is 7.28. The number of halogens is 1. The van der Waals surface area contributed by atoms with Crippen molar-refractivity contribution in [2.45, 2.75) is 32.9 Å². The van der Waals surface area contributed by atoms with Crippen LogP contribution in [0.3, 0.4) is 0 Å². The van der Waals surface area contributed by atoms with Crippen molar-refractivity contribution in [3.63, 3.8) is 0 Å². The van der Waals surface area contributed by atoms with Crippen LogP contribution in [0.1, 0.15) is 18.1 Å². The lowest BCUT2D eigenvalue weighted by Crippen LogP contribution is -2.55. The van der Waals surface area contributed by atoms with Crippen molar-refractivity contribution < 1.29 is 23.4 Å². The lowest BCUT2D eigenvalue weighted by Gasteiger charge is -2.40. The Labute approximate surface area is 233 Å². The number of carbonyl (C=O) groups excluding carboxylic acids is 1. The summed E-state index contributed by atoms with van der Waals surface area (Å²) < 4.78 is 25.2. The van der Waals surface area contributed by atoms with Crippen molar-refractivity contribution in [1.29, 1.82) is 0 Å². The van der Waals surface area contributed by atoms with Gasteiger partial charge in [0.25, 0.3) is 0 Å². The number of piperazine rings is 1. The molecule has 210 valence electrons. The first-order valence-corrected chi connectivity index (χ1v) is 13.5. The van der Waals surface area contributed by atoms with E-state index in [0.29, 0.717) is 41.4 Å². The summed E-state index contributed by atoms with van der Waals surface area (Å²) >= 11 is 0. The van der Waals surface area contributed by atoms with E-state index in [-0.39, 0.29) is 24.4 Å². The fourth-order valence-electron chi connectivity index (χ4n) is 5.14. The first-order chi connectivity index (χ1) is 19.2. The molecule has 0 aliphatic carbocycles. The second-order valence-corrected chi connectivity index (χ2v) is 10.5. The summed E-state index contributed by atoms with van der Waals surface area (Å²) in [5, 5.41) is 13.7. The topological polar surface area (TPSA) is 91.1 Å². The summed E-state index contributed by atoms with van der Waals surface area (Å²) in [6.45, 7) is 9.28. The van der Waals surface area contributed by atoms with E-state index in [1.54, 1.807) is 30.3 Å². The Bertz CT molecular complexity index is 1470. The van der Waals surface area contributed by atoms with Gasteiger partial charge in [0.2, 0.25) is 11.8 Å². The molecule has 0 radical (unpaired) electrons. The maximum Gasteiger partial charge on any atom is 0.238 e. The van der Waals surface area contributed by atoms with E-state index in [0.717, 1.165) is 36.4 Å². The van der Waals surface area contributed by atoms with Crippen molar-refractivity contribution in [1.82, 2.24) is 14.8 Å². The van der Waals surface area contributed by atoms with Crippen LogP contribution in [0.4, 0.5) is 10.1 Å². The van der Waals surface area contributed by atoms with Gasteiger partial charge in [-0.3, -0.25) is 14.6 Å². The Morgan fingerprint density at radius 3 is 2.67 bits per heavy atom. The summed E-state index contributed by atoms with van der Waals surface area (Å²) in [7, 11) is 0. The zero-order valence-corrected chi connectivity index (χ0v) is 23.1. The molecule has 0 spiro atoms. The zero-order chi connectivity index (χ0) is 28.2. The van der Waals surface area contributed by atoms with Gasteiger partial charge in [-0.1, -0.05) is 24.3 Å². The van der Waals surface area contributed by atoms with E-state index in [9.17, 15) is 14.3 Å². The van der Waals surface area contributed by atoms with Crippen LogP contribution in [0.15, 0.2) is 65.1 Å². The third kappa shape index (κ3) is 6.67. The number of aliphatic hydroxyl groups excluding tert-OH is 1. The van der Waals surface area contributed by atoms with Gasteiger partial charge in [-0.25, -0.2) is 9.37 Å². The molecule has 1 amide bonds. The molecule has 2 N–H and O–H groups in total. The predicted octanol–water partition coefficient (Wildman–Crippen LogP) is 4.64. The van der Waals surface area contributed by atoms with Crippen LogP contribution in [-0.2, 0) is 4.79 Å². The van der Waals surface area contributed by atoms with Crippen molar-refractivity contribution in [3.05, 3.63) is 77.6 Å². The fraction of sp³-hybridized carbons (Fsp3) is 0.355. The zero-order valence-electron chi connectivity index (χ0n) is 23.1. The van der Waals surface area contributed by atoms with Crippen LogP contribution in [0.25, 0.3) is 22.6 Å². The number of para-hydroxylation sites is 1. The highest BCUT2D eigenvalue weighted by molar-refractivity contribution is 5.93. The minimum atomic E-state index is -0.683. The number of aromatic nitrogens is 1. The first-order valence-electron chi connectivity index (χ1n) is 13.5. The van der Waals surface area contributed by atoms with E-state index >= 15 is 0 Å². The molecule has 40 heavy (non-hydrogen) atoms. The Hall–Kier alpha value is -3.79. The smallest absolute Gasteiger partial charge is 0.238 e. The van der Waals surface area contributed by atoms with Gasteiger partial charge in [0, 0.05) is 49.5 Å². The predicted molar refractivity (Wildman–Crippen MR) is 153 cm³/mol. The number of nitrogens with zero attached hydrogens (tertiary/aromatic N) is 3. The Kier molecular flexibility index (Phi) is 8.44. The molecule has 3 aromatic carbocycles. The molecule has 2 unspecified atom stereocenters. The van der Waals surface area contributed by atoms with Crippen LogP contribution in [-0.4, -0.2) is 77.3 Å². The van der Waals surface area contributed by atoms with Crippen molar-refractivity contribution >= 4 is 22.7 Å². The number of carbonyl (C=O) groups is 1. The van der Waals surface area contributed by atoms with Gasteiger partial charge >= 0.3 is 0 Å². The maximum absolute atomic E-state index is 13.6. The summed E-state index contributed by atoms with van der Waals surface area (Å²) in [6.07, 6.45) is -0.683. The standard InChI is InChI=1S/C31H35FN4O4/c1-20-6-4-7-21(2)30(20)34-29(38)18-35-12-13-36(22(3)16-35)17-25(37)19-39-26-10-11-28-27(15-26)33-31(40-28)23-8-5-9-24(32)14-23/h4-11,14-15,22,25,37H,12-13,16-19H2,1-3H3,(H,34,38). The SMILES string of the molecule is Cc1cccc(C)c1NC(=O)CN1CCN(CC(O)COc2ccc3oc(-c4cccc(F)c4)nc3c2)C(C)C1. The Morgan fingerprint density at radius 2 is 1.93 bits per heavy atom. The highest BCUT2D eigenvalue weighted by atomic mass is 19.1. The number of hydrogen-bond acceptors (Lipinski definition) is 7. The number of oxazole rings is 1. The number of rotatable bonds is 9. The Morgan fingerprint density at radius 1 is 1.15 bits per heavy atom. The van der Waals surface area contributed by atoms with E-state index in [2.05, 4.69) is 27.0 Å². The molecule has 8 nitrogen and oxygen atoms in total. The number of nitrogens with one attached hydrogen (secondary N) is 1. The van der Waals surface area contributed by atoms with Crippen molar-refractivity contribution in [2.75, 3.05) is 44.6 Å². The molecule has 0 bridgehead atoms. The second kappa shape index (κ2) is 12.2. The van der Waals surface area contributed by atoms with Crippen molar-refractivity contribution in [3.8, 4) is 17.2 Å². The number of benzene rings is 3. The van der Waals surface area contributed by atoms with Gasteiger partial charge < -0.3 is 19.6 Å². The van der Waals surface area contributed by atoms with Crippen molar-refractivity contribution in [2.24, 2.45) is 0 Å². The summed E-state index contributed by atoms with van der Waals surface area (Å²) in [4.78, 5) is 21.5. The normalized spacial score (nSPS) is 17.2. The minimum absolute atomic E-state index is 0.0152. The molecule has 9 heteroatoms. The molecule has 5 rings (SSSR count). The molecular formula is C31H35FN4O4. The van der Waals surface area contributed by atoms with Gasteiger partial charge in [-0.15, -0.1) is 0 Å². The molecule has 1 aliphatic rings. The molecule has 1 aromatic heterocycles. The van der Waals surface area contributed by atoms with Gasteiger partial charge in [0.15, 0.2) is 5.58 Å². The number of fused-ring (bicyclic) bond motifs is 1. The van der Waals surface area contributed by atoms with Gasteiger partial charge in [0.1, 0.15) is 29.8 Å². The van der Waals surface area contributed by atoms with Crippen LogP contribution in [0.5, 0.6) is 5.75 Å². The van der Waals surface area contributed by atoms with Crippen LogP contribution < -0.4 is 10.1 Å². The molecular weight excluding hydrogens is 511 g/mol. The van der Waals surface area contributed by atoms with Gasteiger partial charge in [0.05, 0.1) is 6.54 Å².